The standard InChI is InChI=1S/C88H146N8O39S/c1-60(100)94-75-78(107)82(134-87-81(110)83(77(106)67(56-98)132-87)135-86-80(109)79(108)76(105)66(55-97)131-86)68(57-99)133-85(75)129-21-5-16-89-71(102)14-22-113-26-30-117-34-36-120-33-29-116-25-20-92-73(104)58-130-64-12-10-61(11-13-64)62-6-4-7-63(54-62)84(111)93-18-17-90-72(103)15-23-114-27-31-118-35-38-121-40-42-123-44-46-125-48-50-127-52-53-128-51-49-126-47-45-124-43-41-122-39-37-119-32-28-115-24-19-91-70(101)9-3-2-8-69-74-65(59-136-69)95-88(112)96-74/h4,6-7,10-13,54,65-69,74-83,85-87,97-99,105-110H,2-3,5,8-9,14-53,55-59H2,1H3,(H,89,102)(H,90,103)(H,91,101)(H,92,104)(H,93,111)(H,94,100)(H2,95,96,112)/t65-,66+,67+,68+,69-,74-,75+,76-,77-,78+,79-,80+,81+,82+,83-,85+,86+,87-/m0/s1. The number of hydrogen-bond acceptors (Lipinski definition) is 40. The fourth-order valence-corrected chi connectivity index (χ4v) is 15.6. The summed E-state index contributed by atoms with van der Waals surface area (Å²) in [6, 6.07) is 13.2. The van der Waals surface area contributed by atoms with Gasteiger partial charge in [0, 0.05) is 75.5 Å². The van der Waals surface area contributed by atoms with Crippen molar-refractivity contribution in [2.24, 2.45) is 0 Å². The third kappa shape index (κ3) is 47.3. The van der Waals surface area contributed by atoms with Crippen molar-refractivity contribution >= 4 is 53.2 Å². The molecular weight excluding hydrogens is 1830 g/mol. The Bertz CT molecular complexity index is 3540. The predicted octanol–water partition coefficient (Wildman–Crippen LogP) is -5.30. The van der Waals surface area contributed by atoms with Crippen molar-refractivity contribution in [3.8, 4) is 16.9 Å². The van der Waals surface area contributed by atoms with Gasteiger partial charge >= 0.3 is 6.03 Å². The highest BCUT2D eigenvalue weighted by molar-refractivity contribution is 8.00. The maximum Gasteiger partial charge on any atom is 0.315 e. The molecule has 17 N–H and O–H groups in total. The van der Waals surface area contributed by atoms with Crippen LogP contribution in [0.5, 0.6) is 5.75 Å². The number of unbranched alkanes of at least 4 members (excludes halogenated alkanes) is 1. The van der Waals surface area contributed by atoms with Crippen molar-refractivity contribution in [1.82, 2.24) is 42.5 Å². The van der Waals surface area contributed by atoms with Gasteiger partial charge in [0.05, 0.1) is 250 Å². The lowest BCUT2D eigenvalue weighted by Gasteiger charge is -2.48. The van der Waals surface area contributed by atoms with Crippen molar-refractivity contribution < 1.29 is 188 Å². The molecule has 5 heterocycles. The van der Waals surface area contributed by atoms with E-state index in [2.05, 4.69) is 42.5 Å². The van der Waals surface area contributed by atoms with Gasteiger partial charge in [0.25, 0.3) is 11.8 Å². The quantitative estimate of drug-likeness (QED) is 0.0217. The molecule has 0 bridgehead atoms. The first-order chi connectivity index (χ1) is 66.3. The summed E-state index contributed by atoms with van der Waals surface area (Å²) in [7, 11) is 0. The molecule has 48 heteroatoms. The molecule has 47 nitrogen and oxygen atoms in total. The van der Waals surface area contributed by atoms with Gasteiger partial charge in [-0.3, -0.25) is 28.8 Å². The lowest BCUT2D eigenvalue weighted by molar-refractivity contribution is -0.376. The summed E-state index contributed by atoms with van der Waals surface area (Å²) in [5.41, 5.74) is 2.05. The van der Waals surface area contributed by atoms with Gasteiger partial charge < -0.3 is 197 Å². The highest BCUT2D eigenvalue weighted by atomic mass is 32.2. The highest BCUT2D eigenvalue weighted by Gasteiger charge is 2.54. The Kier molecular flexibility index (Phi) is 61.5. The van der Waals surface area contributed by atoms with Gasteiger partial charge in [-0.1, -0.05) is 30.7 Å². The average molecular weight is 1970 g/mol. The van der Waals surface area contributed by atoms with Gasteiger partial charge in [0.2, 0.25) is 23.6 Å². The molecule has 7 rings (SSSR count). The van der Waals surface area contributed by atoms with E-state index in [1.165, 1.54) is 0 Å². The summed E-state index contributed by atoms with van der Waals surface area (Å²) >= 11 is 1.89. The minimum atomic E-state index is -1.98. The molecule has 0 radical (unpaired) electrons. The molecule has 0 aliphatic carbocycles. The minimum Gasteiger partial charge on any atom is -0.484 e. The number of urea groups is 1. The predicted molar refractivity (Wildman–Crippen MR) is 479 cm³/mol. The van der Waals surface area contributed by atoms with E-state index in [4.69, 9.17) is 109 Å². The fraction of sp³-hybridized carbons (Fsp3) is 0.784. The normalized spacial score (nSPS) is 24.2. The lowest BCUT2D eigenvalue weighted by atomic mass is 9.95. The molecule has 0 spiro atoms. The number of amides is 8. The van der Waals surface area contributed by atoms with E-state index in [0.717, 1.165) is 43.1 Å². The van der Waals surface area contributed by atoms with E-state index in [1.54, 1.807) is 30.3 Å². The molecule has 136 heavy (non-hydrogen) atoms. The van der Waals surface area contributed by atoms with Crippen molar-refractivity contribution in [3.63, 3.8) is 0 Å². The molecule has 5 aliphatic rings. The van der Waals surface area contributed by atoms with Gasteiger partial charge in [-0.2, -0.15) is 11.8 Å². The summed E-state index contributed by atoms with van der Waals surface area (Å²) in [6.45, 7) is 11.7. The van der Waals surface area contributed by atoms with Crippen LogP contribution in [0.25, 0.3) is 11.1 Å². The first kappa shape index (κ1) is 116. The number of aliphatic hydroxyl groups is 9. The number of rotatable bonds is 80. The number of carbonyl (C=O) groups is 7. The van der Waals surface area contributed by atoms with Crippen LogP contribution < -0.4 is 47.3 Å². The number of aliphatic hydroxyl groups excluding tert-OH is 9. The van der Waals surface area contributed by atoms with Gasteiger partial charge in [0.1, 0.15) is 78.9 Å². The van der Waals surface area contributed by atoms with Crippen LogP contribution in [0, 0.1) is 0 Å². The van der Waals surface area contributed by atoms with Crippen molar-refractivity contribution in [1.29, 1.82) is 0 Å². The second kappa shape index (κ2) is 71.8. The SMILES string of the molecule is CC(=O)N[C@H]1[C@H](OCCCNC(=O)CCOCCOCCOCCOCCNC(=O)COc2ccc(-c3cccc(C(=O)NCCNC(=O)CCOCCOCCOCCOCCOCCOCCOCCOCCOCCOCCOCCOCCNC(=O)CCCC[C@@H]4SC[C@@H]5NC(=O)N[C@@H]54)c3)cc2)O[C@H](CO)[C@@H](O[C@@H]2O[C@H](CO)[C@H](O)[C@H](O[C@H]3O[C@H](CO)[C@H](O)[C@H](O)[C@H]3O)[C@H]2O)[C@@H]1O. The Morgan fingerprint density at radius 1 is 0.397 bits per heavy atom. The third-order valence-corrected chi connectivity index (χ3v) is 22.7. The number of nitrogens with one attached hydrogen (secondary N) is 8. The van der Waals surface area contributed by atoms with E-state index < -0.39 is 118 Å². The number of ether oxygens (including phenoxy) is 23. The van der Waals surface area contributed by atoms with Crippen molar-refractivity contribution in [2.75, 3.05) is 283 Å². The summed E-state index contributed by atoms with van der Waals surface area (Å²) < 4.78 is 128. The summed E-state index contributed by atoms with van der Waals surface area (Å²) in [5, 5.41) is 118. The summed E-state index contributed by atoms with van der Waals surface area (Å²) in [6.07, 6.45) is -20.1. The number of carbonyl (C=O) groups excluding carboxylic acids is 7. The van der Waals surface area contributed by atoms with Gasteiger partial charge in [-0.15, -0.1) is 0 Å². The van der Waals surface area contributed by atoms with Crippen LogP contribution >= 0.6 is 11.8 Å². The van der Waals surface area contributed by atoms with Crippen LogP contribution in [0.15, 0.2) is 48.5 Å². The van der Waals surface area contributed by atoms with E-state index in [0.29, 0.717) is 195 Å². The lowest BCUT2D eigenvalue weighted by Crippen LogP contribution is -2.68. The molecule has 5 saturated heterocycles. The molecule has 18 atom stereocenters. The van der Waals surface area contributed by atoms with E-state index >= 15 is 0 Å². The van der Waals surface area contributed by atoms with Crippen LogP contribution in [0.4, 0.5) is 4.79 Å². The van der Waals surface area contributed by atoms with E-state index in [1.807, 2.05) is 30.0 Å². The Labute approximate surface area is 796 Å². The maximum atomic E-state index is 13.0. The molecule has 5 fully saturated rings. The average Bonchev–Trinajstić information content (AvgIpc) is 0.991. The summed E-state index contributed by atoms with van der Waals surface area (Å²) in [4.78, 5) is 86.3. The minimum absolute atomic E-state index is 0.0247. The molecule has 778 valence electrons. The van der Waals surface area contributed by atoms with Gasteiger partial charge in [-0.25, -0.2) is 4.79 Å². The molecular formula is C88H146N8O39S. The fourth-order valence-electron chi connectivity index (χ4n) is 14.0. The molecule has 8 amide bonds. The Morgan fingerprint density at radius 3 is 1.32 bits per heavy atom. The van der Waals surface area contributed by atoms with Crippen LogP contribution in [-0.4, -0.2) is 480 Å². The molecule has 0 unspecified atom stereocenters. The maximum absolute atomic E-state index is 13.0. The first-order valence-corrected chi connectivity index (χ1v) is 47.5. The largest absolute Gasteiger partial charge is 0.484 e. The van der Waals surface area contributed by atoms with Crippen LogP contribution in [0.2, 0.25) is 0 Å². The second-order valence-electron chi connectivity index (χ2n) is 31.5. The zero-order chi connectivity index (χ0) is 97.4. The molecule has 0 aromatic heterocycles. The molecule has 2 aromatic carbocycles. The molecule has 5 aliphatic heterocycles. The Morgan fingerprint density at radius 2 is 0.824 bits per heavy atom. The third-order valence-electron chi connectivity index (χ3n) is 21.2. The van der Waals surface area contributed by atoms with Crippen LogP contribution in [0.1, 0.15) is 62.2 Å². The van der Waals surface area contributed by atoms with Crippen LogP contribution in [-0.2, 0) is 128 Å². The number of benzene rings is 2. The summed E-state index contributed by atoms with van der Waals surface area (Å²) in [5.74, 6) is -0.346. The monoisotopic (exact) mass is 1970 g/mol. The number of thioether (sulfide) groups is 1. The first-order valence-electron chi connectivity index (χ1n) is 46.5. The van der Waals surface area contributed by atoms with Gasteiger partial charge in [-0.05, 0) is 54.7 Å². The Balaban J connectivity index is 0.553. The highest BCUT2D eigenvalue weighted by Crippen LogP contribution is 2.35. The second-order valence-corrected chi connectivity index (χ2v) is 32.8. The van der Waals surface area contributed by atoms with E-state index in [-0.39, 0.29) is 153 Å². The van der Waals surface area contributed by atoms with Crippen molar-refractivity contribution in [3.05, 3.63) is 54.1 Å². The number of hydrogen-bond donors (Lipinski definition) is 17. The number of fused-ring (bicyclic) bond motifs is 1. The van der Waals surface area contributed by atoms with Crippen molar-refractivity contribution in [2.45, 2.75) is 161 Å². The molecule has 2 aromatic rings. The van der Waals surface area contributed by atoms with Gasteiger partial charge in [0.15, 0.2) is 25.5 Å². The van der Waals surface area contributed by atoms with E-state index in [9.17, 15) is 79.5 Å². The Hall–Kier alpha value is -6.56. The zero-order valence-corrected chi connectivity index (χ0v) is 78.4. The molecule has 0 saturated carbocycles. The topological polar surface area (TPSA) is 610 Å². The zero-order valence-electron chi connectivity index (χ0n) is 77.5. The smallest absolute Gasteiger partial charge is 0.315 e. The van der Waals surface area contributed by atoms with Crippen LogP contribution in [0.3, 0.4) is 0 Å².